The Morgan fingerprint density at radius 2 is 1.71 bits per heavy atom. The van der Waals surface area contributed by atoms with Crippen molar-refractivity contribution in [2.45, 2.75) is 34.1 Å². The largest absolute Gasteiger partial charge is 0.493 e. The lowest BCUT2D eigenvalue weighted by atomic mass is 10.0. The quantitative estimate of drug-likeness (QED) is 0.631. The molecule has 0 saturated carbocycles. The van der Waals surface area contributed by atoms with Crippen LogP contribution in [0.2, 0.25) is 0 Å². The first-order valence-electron chi connectivity index (χ1n) is 7.36. The third-order valence-corrected chi connectivity index (χ3v) is 3.47. The second-order valence-corrected chi connectivity index (χ2v) is 4.70. The van der Waals surface area contributed by atoms with Crippen LogP contribution in [0.1, 0.15) is 32.0 Å². The van der Waals surface area contributed by atoms with E-state index >= 15 is 0 Å². The highest BCUT2D eigenvalue weighted by atomic mass is 16.5. The number of nitrogens with two attached hydrogens (primary N) is 1. The minimum absolute atomic E-state index is 0.586. The summed E-state index contributed by atoms with van der Waals surface area (Å²) in [5, 5.41) is 0.882. The fraction of sp³-hybridized carbons (Fsp3) is 0.438. The monoisotopic (exact) mass is 289 g/mol. The maximum Gasteiger partial charge on any atom is 0.145 e. The molecule has 0 unspecified atom stereocenters. The zero-order chi connectivity index (χ0) is 15.4. The van der Waals surface area contributed by atoms with E-state index in [4.69, 9.17) is 20.3 Å². The summed E-state index contributed by atoms with van der Waals surface area (Å²) in [5.41, 5.74) is 6.52. The second-order valence-electron chi connectivity index (χ2n) is 4.70. The number of aromatic nitrogens is 1. The normalized spacial score (nSPS) is 10.7. The molecule has 1 aromatic heterocycles. The number of nitrogen functional groups attached to an aromatic ring is 1. The molecule has 0 spiro atoms. The van der Waals surface area contributed by atoms with Crippen molar-refractivity contribution in [3.63, 3.8) is 0 Å². The summed E-state index contributed by atoms with van der Waals surface area (Å²) in [6.45, 7) is 9.16. The van der Waals surface area contributed by atoms with Crippen LogP contribution in [-0.4, -0.2) is 18.2 Å². The van der Waals surface area contributed by atoms with Gasteiger partial charge in [0.1, 0.15) is 17.0 Å². The van der Waals surface area contributed by atoms with E-state index in [-0.39, 0.29) is 0 Å². The second kappa shape index (κ2) is 6.63. The third-order valence-electron chi connectivity index (χ3n) is 3.47. The smallest absolute Gasteiger partial charge is 0.145 e. The van der Waals surface area contributed by atoms with Gasteiger partial charge in [0.25, 0.3) is 0 Å². The van der Waals surface area contributed by atoms with Crippen LogP contribution in [0.5, 0.6) is 11.5 Å². The fourth-order valence-corrected chi connectivity index (χ4v) is 2.61. The summed E-state index contributed by atoms with van der Waals surface area (Å²) < 4.78 is 11.4. The van der Waals surface area contributed by atoms with Gasteiger partial charge < -0.3 is 14.9 Å². The van der Waals surface area contributed by atoms with Gasteiger partial charge >= 0.3 is 0 Å². The van der Waals surface area contributed by atoms with Crippen LogP contribution in [0.3, 0.4) is 0 Å². The molecule has 0 radical (unpaired) electrons. The van der Waals surface area contributed by atoms with Crippen LogP contribution in [-0.2, 0) is 6.42 Å². The topological polar surface area (TPSA) is 69.4 Å². The SMILES string of the molecule is CCOc1ccc(OCC)c2c(NN)c(CC)c(C)nc12. The summed E-state index contributed by atoms with van der Waals surface area (Å²) in [6.07, 6.45) is 0.846. The summed E-state index contributed by atoms with van der Waals surface area (Å²) >= 11 is 0. The first kappa shape index (κ1) is 15.4. The van der Waals surface area contributed by atoms with Crippen molar-refractivity contribution in [2.24, 2.45) is 5.84 Å². The van der Waals surface area contributed by atoms with Crippen LogP contribution >= 0.6 is 0 Å². The molecule has 2 aromatic rings. The number of rotatable bonds is 6. The van der Waals surface area contributed by atoms with Gasteiger partial charge in [-0.2, -0.15) is 0 Å². The van der Waals surface area contributed by atoms with Gasteiger partial charge in [-0.25, -0.2) is 4.98 Å². The molecule has 1 heterocycles. The van der Waals surface area contributed by atoms with Crippen LogP contribution in [0.25, 0.3) is 10.9 Å². The number of benzene rings is 1. The number of hydrazine groups is 1. The van der Waals surface area contributed by atoms with Crippen LogP contribution in [0, 0.1) is 6.92 Å². The molecule has 5 heteroatoms. The van der Waals surface area contributed by atoms with Crippen molar-refractivity contribution in [3.8, 4) is 11.5 Å². The Bertz CT molecular complexity index is 641. The maximum absolute atomic E-state index is 5.78. The van der Waals surface area contributed by atoms with Gasteiger partial charge in [-0.3, -0.25) is 5.84 Å². The third kappa shape index (κ3) is 2.74. The molecule has 0 aliphatic heterocycles. The first-order valence-corrected chi connectivity index (χ1v) is 7.36. The molecule has 0 aliphatic carbocycles. The molecule has 0 fully saturated rings. The molecule has 0 aliphatic rings. The van der Waals surface area contributed by atoms with E-state index in [0.717, 1.165) is 45.8 Å². The van der Waals surface area contributed by atoms with Crippen molar-refractivity contribution in [1.29, 1.82) is 0 Å². The molecular formula is C16H23N3O2. The van der Waals surface area contributed by atoms with Gasteiger partial charge in [0.15, 0.2) is 0 Å². The number of hydrogen-bond acceptors (Lipinski definition) is 5. The molecular weight excluding hydrogens is 266 g/mol. The number of ether oxygens (including phenoxy) is 2. The fourth-order valence-electron chi connectivity index (χ4n) is 2.61. The maximum atomic E-state index is 5.78. The van der Waals surface area contributed by atoms with Crippen molar-refractivity contribution < 1.29 is 9.47 Å². The van der Waals surface area contributed by atoms with E-state index in [9.17, 15) is 0 Å². The molecule has 0 bridgehead atoms. The zero-order valence-electron chi connectivity index (χ0n) is 13.1. The number of pyridine rings is 1. The lowest BCUT2D eigenvalue weighted by Gasteiger charge is -2.18. The van der Waals surface area contributed by atoms with E-state index in [1.54, 1.807) is 0 Å². The lowest BCUT2D eigenvalue weighted by molar-refractivity contribution is 0.336. The van der Waals surface area contributed by atoms with Crippen molar-refractivity contribution in [3.05, 3.63) is 23.4 Å². The number of nitrogens with one attached hydrogen (secondary N) is 1. The average molecular weight is 289 g/mol. The Labute approximate surface area is 125 Å². The van der Waals surface area contributed by atoms with E-state index in [1.807, 2.05) is 32.9 Å². The average Bonchev–Trinajstić information content (AvgIpc) is 2.48. The van der Waals surface area contributed by atoms with Gasteiger partial charge in [0.2, 0.25) is 0 Å². The lowest BCUT2D eigenvalue weighted by Crippen LogP contribution is -2.12. The number of aryl methyl sites for hydroxylation is 1. The molecule has 0 saturated heterocycles. The van der Waals surface area contributed by atoms with Gasteiger partial charge in [-0.05, 0) is 44.9 Å². The molecule has 1 aromatic carbocycles. The Morgan fingerprint density at radius 3 is 2.29 bits per heavy atom. The highest BCUT2D eigenvalue weighted by molar-refractivity contribution is 6.01. The van der Waals surface area contributed by atoms with E-state index in [1.165, 1.54) is 0 Å². The molecule has 114 valence electrons. The molecule has 0 amide bonds. The number of fused-ring (bicyclic) bond motifs is 1. The van der Waals surface area contributed by atoms with Crippen molar-refractivity contribution in [2.75, 3.05) is 18.6 Å². The minimum Gasteiger partial charge on any atom is -0.493 e. The Balaban J connectivity index is 2.85. The van der Waals surface area contributed by atoms with E-state index < -0.39 is 0 Å². The molecule has 0 atom stereocenters. The van der Waals surface area contributed by atoms with E-state index in [2.05, 4.69) is 12.3 Å². The summed E-state index contributed by atoms with van der Waals surface area (Å²) in [6, 6.07) is 3.81. The first-order chi connectivity index (χ1) is 10.2. The number of anilines is 1. The Hall–Kier alpha value is -2.01. The Morgan fingerprint density at radius 1 is 1.10 bits per heavy atom. The van der Waals surface area contributed by atoms with Gasteiger partial charge in [0.05, 0.1) is 24.3 Å². The number of nitrogens with zero attached hydrogens (tertiary/aromatic N) is 1. The molecule has 2 rings (SSSR count). The molecule has 5 nitrogen and oxygen atoms in total. The highest BCUT2D eigenvalue weighted by Crippen LogP contribution is 2.39. The summed E-state index contributed by atoms with van der Waals surface area (Å²) in [7, 11) is 0. The van der Waals surface area contributed by atoms with Gasteiger partial charge in [-0.15, -0.1) is 0 Å². The van der Waals surface area contributed by atoms with Gasteiger partial charge in [0, 0.05) is 5.69 Å². The van der Waals surface area contributed by atoms with Crippen LogP contribution in [0.15, 0.2) is 12.1 Å². The van der Waals surface area contributed by atoms with Crippen molar-refractivity contribution in [1.82, 2.24) is 4.98 Å². The minimum atomic E-state index is 0.586. The predicted molar refractivity (Wildman–Crippen MR) is 86.0 cm³/mol. The summed E-state index contributed by atoms with van der Waals surface area (Å²) in [5.74, 6) is 7.29. The molecule has 3 N–H and O–H groups in total. The van der Waals surface area contributed by atoms with Gasteiger partial charge in [-0.1, -0.05) is 6.92 Å². The molecule has 21 heavy (non-hydrogen) atoms. The standard InChI is InChI=1S/C16H23N3O2/c1-5-11-10(4)18-16-13(21-7-3)9-8-12(20-6-2)14(16)15(11)19-17/h8-9H,5-7,17H2,1-4H3,(H,18,19). The predicted octanol–water partition coefficient (Wildman–Crippen LogP) is 3.19. The zero-order valence-corrected chi connectivity index (χ0v) is 13.1. The highest BCUT2D eigenvalue weighted by Gasteiger charge is 2.18. The Kier molecular flexibility index (Phi) is 4.85. The number of hydrogen-bond donors (Lipinski definition) is 2. The summed E-state index contributed by atoms with van der Waals surface area (Å²) in [4.78, 5) is 4.72. The van der Waals surface area contributed by atoms with Crippen LogP contribution in [0.4, 0.5) is 5.69 Å². The van der Waals surface area contributed by atoms with Crippen molar-refractivity contribution >= 4 is 16.6 Å². The van der Waals surface area contributed by atoms with Crippen LogP contribution < -0.4 is 20.7 Å². The van der Waals surface area contributed by atoms with E-state index in [0.29, 0.717) is 13.2 Å².